The van der Waals surface area contributed by atoms with Crippen molar-refractivity contribution in [3.05, 3.63) is 14.7 Å². The second-order valence-corrected chi connectivity index (χ2v) is 9.65. The van der Waals surface area contributed by atoms with Crippen LogP contribution in [-0.2, 0) is 15.9 Å². The highest BCUT2D eigenvalue weighted by molar-refractivity contribution is 9.11. The Bertz CT molecular complexity index is 566. The molecule has 1 saturated heterocycles. The minimum atomic E-state index is -3.42. The molecule has 0 atom stereocenters. The zero-order valence-electron chi connectivity index (χ0n) is 11.5. The molecular formula is C12H18BrClN2O2S2. The molecule has 0 aromatic carbocycles. The maximum atomic E-state index is 12.7. The molecule has 0 aliphatic carbocycles. The molecule has 0 N–H and O–H groups in total. The van der Waals surface area contributed by atoms with Gasteiger partial charge in [0.15, 0.2) is 0 Å². The first kappa shape index (κ1) is 16.7. The summed E-state index contributed by atoms with van der Waals surface area (Å²) in [5.74, 6) is 0.333. The maximum Gasteiger partial charge on any atom is 0.245 e. The number of alkyl halides is 1. The molecule has 0 spiro atoms. The van der Waals surface area contributed by atoms with Gasteiger partial charge >= 0.3 is 0 Å². The van der Waals surface area contributed by atoms with Gasteiger partial charge in [0.25, 0.3) is 0 Å². The summed E-state index contributed by atoms with van der Waals surface area (Å²) in [5, 5.41) is 0. The van der Waals surface area contributed by atoms with Crippen molar-refractivity contribution in [2.24, 2.45) is 0 Å². The number of rotatable bonds is 4. The molecule has 0 radical (unpaired) electrons. The van der Waals surface area contributed by atoms with Gasteiger partial charge < -0.3 is 0 Å². The van der Waals surface area contributed by atoms with Gasteiger partial charge in [-0.15, -0.1) is 22.9 Å². The van der Waals surface area contributed by atoms with Crippen LogP contribution < -0.4 is 0 Å². The third-order valence-corrected chi connectivity index (χ3v) is 8.06. The van der Waals surface area contributed by atoms with E-state index in [0.717, 1.165) is 18.0 Å². The summed E-state index contributed by atoms with van der Waals surface area (Å²) >= 11 is 10.5. The van der Waals surface area contributed by atoms with E-state index < -0.39 is 10.0 Å². The van der Waals surface area contributed by atoms with Crippen LogP contribution >= 0.6 is 38.9 Å². The molecule has 0 saturated carbocycles. The number of sulfonamides is 1. The van der Waals surface area contributed by atoms with Gasteiger partial charge in [-0.2, -0.15) is 4.31 Å². The third-order valence-electron chi connectivity index (χ3n) is 3.46. The van der Waals surface area contributed by atoms with E-state index in [-0.39, 0.29) is 0 Å². The van der Waals surface area contributed by atoms with Crippen LogP contribution in [0.4, 0.5) is 0 Å². The van der Waals surface area contributed by atoms with Crippen molar-refractivity contribution in [1.82, 2.24) is 9.21 Å². The van der Waals surface area contributed by atoms with Gasteiger partial charge in [-0.3, -0.25) is 4.90 Å². The Kier molecular flexibility index (Phi) is 5.53. The van der Waals surface area contributed by atoms with Crippen molar-refractivity contribution in [1.29, 1.82) is 0 Å². The Hall–Kier alpha value is 0.340. The summed E-state index contributed by atoms with van der Waals surface area (Å²) < 4.78 is 27.5. The molecule has 1 aromatic heterocycles. The molecule has 2 heterocycles. The Morgan fingerprint density at radius 3 is 2.40 bits per heavy atom. The lowest BCUT2D eigenvalue weighted by Crippen LogP contribution is -2.50. The molecule has 1 aliphatic rings. The van der Waals surface area contributed by atoms with Crippen molar-refractivity contribution in [3.8, 4) is 0 Å². The Morgan fingerprint density at radius 1 is 1.35 bits per heavy atom. The van der Waals surface area contributed by atoms with Gasteiger partial charge in [-0.25, -0.2) is 8.42 Å². The molecule has 2 rings (SSSR count). The molecular weight excluding hydrogens is 384 g/mol. The summed E-state index contributed by atoms with van der Waals surface area (Å²) in [6, 6.07) is 2.13. The van der Waals surface area contributed by atoms with Crippen molar-refractivity contribution in [2.45, 2.75) is 30.7 Å². The summed E-state index contributed by atoms with van der Waals surface area (Å²) in [5.41, 5.74) is 0. The van der Waals surface area contributed by atoms with Crippen molar-refractivity contribution < 1.29 is 8.42 Å². The fourth-order valence-corrected chi connectivity index (χ4v) is 6.38. The first-order valence-corrected chi connectivity index (χ1v) is 10.0. The second kappa shape index (κ2) is 6.62. The number of thiophene rings is 1. The number of hydrogen-bond acceptors (Lipinski definition) is 4. The molecule has 0 unspecified atom stereocenters. The average molecular weight is 402 g/mol. The summed E-state index contributed by atoms with van der Waals surface area (Å²) in [6.45, 7) is 6.90. The van der Waals surface area contributed by atoms with Crippen molar-refractivity contribution >= 4 is 48.9 Å². The molecule has 114 valence electrons. The number of hydrogen-bond donors (Lipinski definition) is 0. The van der Waals surface area contributed by atoms with E-state index in [2.05, 4.69) is 34.7 Å². The normalized spacial score (nSPS) is 18.9. The van der Waals surface area contributed by atoms with Crippen LogP contribution in [0.1, 0.15) is 18.7 Å². The standard InChI is InChI=1S/C12H18BrClN2O2S2/c1-9(2)15-3-5-16(6-4-15)20(17,18)11-7-10(8-14)19-12(11)13/h7,9H,3-6,8H2,1-2H3. The topological polar surface area (TPSA) is 40.6 Å². The fourth-order valence-electron chi connectivity index (χ4n) is 2.24. The fraction of sp³-hybridized carbons (Fsp3) is 0.667. The number of halogens is 2. The number of piperazine rings is 1. The van der Waals surface area contributed by atoms with E-state index in [1.54, 1.807) is 10.4 Å². The van der Waals surface area contributed by atoms with E-state index in [1.807, 2.05) is 0 Å². The highest BCUT2D eigenvalue weighted by atomic mass is 79.9. The monoisotopic (exact) mass is 400 g/mol. The van der Waals surface area contributed by atoms with Gasteiger partial charge in [-0.05, 0) is 35.8 Å². The zero-order valence-corrected chi connectivity index (χ0v) is 15.4. The summed E-state index contributed by atoms with van der Waals surface area (Å²) in [7, 11) is -3.42. The van der Waals surface area contributed by atoms with Gasteiger partial charge in [-0.1, -0.05) is 0 Å². The van der Waals surface area contributed by atoms with Crippen molar-refractivity contribution in [2.75, 3.05) is 26.2 Å². The molecule has 1 aliphatic heterocycles. The Balaban J connectivity index is 2.17. The van der Waals surface area contributed by atoms with Gasteiger partial charge in [0.2, 0.25) is 10.0 Å². The first-order valence-electron chi connectivity index (χ1n) is 6.44. The average Bonchev–Trinajstić information content (AvgIpc) is 2.81. The van der Waals surface area contributed by atoms with Crippen LogP contribution in [0.15, 0.2) is 14.7 Å². The van der Waals surface area contributed by atoms with Crippen LogP contribution in [0.3, 0.4) is 0 Å². The highest BCUT2D eigenvalue weighted by Crippen LogP contribution is 2.34. The maximum absolute atomic E-state index is 12.7. The first-order chi connectivity index (χ1) is 9.36. The SMILES string of the molecule is CC(C)N1CCN(S(=O)(=O)c2cc(CCl)sc2Br)CC1. The van der Waals surface area contributed by atoms with Gasteiger partial charge in [0.05, 0.1) is 9.67 Å². The van der Waals surface area contributed by atoms with Gasteiger partial charge in [0, 0.05) is 37.1 Å². The molecule has 20 heavy (non-hydrogen) atoms. The molecule has 0 amide bonds. The van der Waals surface area contributed by atoms with E-state index in [0.29, 0.717) is 33.7 Å². The van der Waals surface area contributed by atoms with Crippen LogP contribution in [0.5, 0.6) is 0 Å². The minimum Gasteiger partial charge on any atom is -0.298 e. The lowest BCUT2D eigenvalue weighted by molar-refractivity contribution is 0.154. The van der Waals surface area contributed by atoms with E-state index in [4.69, 9.17) is 11.6 Å². The Labute approximate surface area is 137 Å². The predicted octanol–water partition coefficient (Wildman–Crippen LogP) is 2.96. The molecule has 0 bridgehead atoms. The quantitative estimate of drug-likeness (QED) is 0.728. The molecule has 8 heteroatoms. The number of nitrogens with zero attached hydrogens (tertiary/aromatic N) is 2. The lowest BCUT2D eigenvalue weighted by atomic mass is 10.3. The third kappa shape index (κ3) is 3.39. The highest BCUT2D eigenvalue weighted by Gasteiger charge is 2.31. The van der Waals surface area contributed by atoms with E-state index in [9.17, 15) is 8.42 Å². The summed E-state index contributed by atoms with van der Waals surface area (Å²) in [6.07, 6.45) is 0. The summed E-state index contributed by atoms with van der Waals surface area (Å²) in [4.78, 5) is 3.49. The largest absolute Gasteiger partial charge is 0.298 e. The molecule has 1 aromatic rings. The van der Waals surface area contributed by atoms with Crippen LogP contribution in [0.2, 0.25) is 0 Å². The lowest BCUT2D eigenvalue weighted by Gasteiger charge is -2.36. The smallest absolute Gasteiger partial charge is 0.245 e. The van der Waals surface area contributed by atoms with Gasteiger partial charge in [0.1, 0.15) is 4.90 Å². The predicted molar refractivity (Wildman–Crippen MR) is 87.0 cm³/mol. The van der Waals surface area contributed by atoms with Crippen LogP contribution in [-0.4, -0.2) is 49.8 Å². The van der Waals surface area contributed by atoms with E-state index in [1.165, 1.54) is 11.3 Å². The van der Waals surface area contributed by atoms with Crippen LogP contribution in [0, 0.1) is 0 Å². The zero-order chi connectivity index (χ0) is 14.9. The Morgan fingerprint density at radius 2 is 1.95 bits per heavy atom. The van der Waals surface area contributed by atoms with Crippen molar-refractivity contribution in [3.63, 3.8) is 0 Å². The minimum absolute atomic E-state index is 0.333. The molecule has 4 nitrogen and oxygen atoms in total. The van der Waals surface area contributed by atoms with Crippen LogP contribution in [0.25, 0.3) is 0 Å². The van der Waals surface area contributed by atoms with E-state index >= 15 is 0 Å². The molecule has 1 fully saturated rings. The second-order valence-electron chi connectivity index (χ2n) is 5.02.